The average molecular weight is 291 g/mol. The van der Waals surface area contributed by atoms with Gasteiger partial charge >= 0.3 is 0 Å². The number of hydrogen-bond acceptors (Lipinski definition) is 4. The Morgan fingerprint density at radius 3 is 2.68 bits per heavy atom. The molecule has 0 aromatic carbocycles. The van der Waals surface area contributed by atoms with Crippen LogP contribution in [0, 0.1) is 0 Å². The normalized spacial score (nSPS) is 20.5. The predicted octanol–water partition coefficient (Wildman–Crippen LogP) is -0.0837. The summed E-state index contributed by atoms with van der Waals surface area (Å²) in [7, 11) is -3.13. The molecule has 1 aliphatic heterocycles. The summed E-state index contributed by atoms with van der Waals surface area (Å²) in [6.45, 7) is 4.15. The van der Waals surface area contributed by atoms with E-state index in [0.717, 1.165) is 25.8 Å². The highest BCUT2D eigenvalue weighted by Crippen LogP contribution is 2.06. The SMILES string of the molecule is CCN(CCCNC(=O)C1CCCCN1)S(C)(=O)=O. The first-order valence-electron chi connectivity index (χ1n) is 6.91. The second-order valence-corrected chi connectivity index (χ2v) is 6.88. The molecule has 0 aromatic rings. The second-order valence-electron chi connectivity index (χ2n) is 4.90. The molecule has 1 heterocycles. The highest BCUT2D eigenvalue weighted by molar-refractivity contribution is 7.88. The van der Waals surface area contributed by atoms with E-state index in [4.69, 9.17) is 0 Å². The van der Waals surface area contributed by atoms with E-state index < -0.39 is 10.0 Å². The summed E-state index contributed by atoms with van der Waals surface area (Å²) in [5.74, 6) is 0.0297. The van der Waals surface area contributed by atoms with Gasteiger partial charge in [-0.15, -0.1) is 0 Å². The van der Waals surface area contributed by atoms with Gasteiger partial charge in [0.25, 0.3) is 0 Å². The molecule has 1 amide bonds. The molecule has 7 heteroatoms. The van der Waals surface area contributed by atoms with E-state index in [0.29, 0.717) is 26.1 Å². The van der Waals surface area contributed by atoms with Crippen molar-refractivity contribution in [2.75, 3.05) is 32.4 Å². The van der Waals surface area contributed by atoms with Gasteiger partial charge in [-0.25, -0.2) is 12.7 Å². The van der Waals surface area contributed by atoms with Crippen LogP contribution in [-0.2, 0) is 14.8 Å². The van der Waals surface area contributed by atoms with Gasteiger partial charge in [0.15, 0.2) is 0 Å². The quantitative estimate of drug-likeness (QED) is 0.643. The highest BCUT2D eigenvalue weighted by atomic mass is 32.2. The van der Waals surface area contributed by atoms with E-state index in [1.807, 2.05) is 6.92 Å². The Hall–Kier alpha value is -0.660. The molecule has 1 unspecified atom stereocenters. The molecule has 0 aliphatic carbocycles. The summed E-state index contributed by atoms with van der Waals surface area (Å²) in [6.07, 6.45) is 4.95. The molecular formula is C12H25N3O3S. The van der Waals surface area contributed by atoms with E-state index >= 15 is 0 Å². The molecule has 112 valence electrons. The van der Waals surface area contributed by atoms with E-state index in [1.165, 1.54) is 10.6 Å². The Kier molecular flexibility index (Phi) is 6.74. The van der Waals surface area contributed by atoms with E-state index in [1.54, 1.807) is 0 Å². The molecular weight excluding hydrogens is 266 g/mol. The smallest absolute Gasteiger partial charge is 0.237 e. The van der Waals surface area contributed by atoms with Gasteiger partial charge in [0.2, 0.25) is 15.9 Å². The third-order valence-corrected chi connectivity index (χ3v) is 4.71. The van der Waals surface area contributed by atoms with Crippen LogP contribution in [0.15, 0.2) is 0 Å². The zero-order valence-electron chi connectivity index (χ0n) is 11.8. The number of piperidine rings is 1. The minimum absolute atomic E-state index is 0.0297. The monoisotopic (exact) mass is 291 g/mol. The van der Waals surface area contributed by atoms with Crippen molar-refractivity contribution >= 4 is 15.9 Å². The van der Waals surface area contributed by atoms with Gasteiger partial charge in [0.05, 0.1) is 12.3 Å². The maximum Gasteiger partial charge on any atom is 0.237 e. The largest absolute Gasteiger partial charge is 0.355 e. The molecule has 6 nitrogen and oxygen atoms in total. The van der Waals surface area contributed by atoms with E-state index in [-0.39, 0.29) is 11.9 Å². The van der Waals surface area contributed by atoms with Crippen LogP contribution < -0.4 is 10.6 Å². The summed E-state index contributed by atoms with van der Waals surface area (Å²) in [6, 6.07) is -0.0778. The summed E-state index contributed by atoms with van der Waals surface area (Å²) in [4.78, 5) is 11.8. The minimum atomic E-state index is -3.13. The molecule has 19 heavy (non-hydrogen) atoms. The molecule has 0 spiro atoms. The molecule has 1 rings (SSSR count). The van der Waals surface area contributed by atoms with Crippen molar-refractivity contribution in [3.8, 4) is 0 Å². The fourth-order valence-corrected chi connectivity index (χ4v) is 3.15. The lowest BCUT2D eigenvalue weighted by molar-refractivity contribution is -0.123. The van der Waals surface area contributed by atoms with Crippen LogP contribution in [0.2, 0.25) is 0 Å². The first-order chi connectivity index (χ1) is 8.95. The van der Waals surface area contributed by atoms with Crippen molar-refractivity contribution in [1.82, 2.24) is 14.9 Å². The maximum absolute atomic E-state index is 11.8. The Balaban J connectivity index is 2.21. The molecule has 2 N–H and O–H groups in total. The summed E-state index contributed by atoms with van der Waals surface area (Å²) >= 11 is 0. The lowest BCUT2D eigenvalue weighted by Crippen LogP contribution is -2.47. The number of nitrogens with one attached hydrogen (secondary N) is 2. The third kappa shape index (κ3) is 5.88. The first-order valence-corrected chi connectivity index (χ1v) is 8.76. The molecule has 0 aromatic heterocycles. The Morgan fingerprint density at radius 2 is 2.16 bits per heavy atom. The topological polar surface area (TPSA) is 78.5 Å². The second kappa shape index (κ2) is 7.81. The molecule has 0 saturated carbocycles. The van der Waals surface area contributed by atoms with Gasteiger partial charge in [-0.3, -0.25) is 4.79 Å². The van der Waals surface area contributed by atoms with Crippen LogP contribution in [0.25, 0.3) is 0 Å². The number of carbonyl (C=O) groups excluding carboxylic acids is 1. The number of sulfonamides is 1. The van der Waals surface area contributed by atoms with Crippen molar-refractivity contribution in [2.45, 2.75) is 38.6 Å². The standard InChI is InChI=1S/C12H25N3O3S/c1-3-15(19(2,17)18)10-6-9-14-12(16)11-7-4-5-8-13-11/h11,13H,3-10H2,1-2H3,(H,14,16). The molecule has 1 fully saturated rings. The summed E-state index contributed by atoms with van der Waals surface area (Å²) in [5, 5.41) is 6.05. The Labute approximate surface area is 116 Å². The maximum atomic E-state index is 11.8. The van der Waals surface area contributed by atoms with Crippen LogP contribution in [0.4, 0.5) is 0 Å². The molecule has 0 bridgehead atoms. The lowest BCUT2D eigenvalue weighted by atomic mass is 10.0. The predicted molar refractivity (Wildman–Crippen MR) is 75.4 cm³/mol. The summed E-state index contributed by atoms with van der Waals surface area (Å²) in [5.41, 5.74) is 0. The van der Waals surface area contributed by atoms with Crippen LogP contribution in [0.1, 0.15) is 32.6 Å². The summed E-state index contributed by atoms with van der Waals surface area (Å²) < 4.78 is 24.1. The highest BCUT2D eigenvalue weighted by Gasteiger charge is 2.20. The van der Waals surface area contributed by atoms with Gasteiger partial charge in [-0.1, -0.05) is 13.3 Å². The number of rotatable bonds is 7. The Bertz CT molecular complexity index is 378. The Morgan fingerprint density at radius 1 is 1.42 bits per heavy atom. The van der Waals surface area contributed by atoms with Crippen molar-refractivity contribution in [2.24, 2.45) is 0 Å². The first kappa shape index (κ1) is 16.4. The molecule has 1 saturated heterocycles. The molecule has 1 aliphatic rings. The van der Waals surface area contributed by atoms with E-state index in [9.17, 15) is 13.2 Å². The van der Waals surface area contributed by atoms with Crippen molar-refractivity contribution in [1.29, 1.82) is 0 Å². The van der Waals surface area contributed by atoms with Crippen LogP contribution >= 0.6 is 0 Å². The number of carbonyl (C=O) groups is 1. The number of nitrogens with zero attached hydrogens (tertiary/aromatic N) is 1. The molecule has 0 radical (unpaired) electrons. The van der Waals surface area contributed by atoms with Crippen molar-refractivity contribution in [3.63, 3.8) is 0 Å². The van der Waals surface area contributed by atoms with Crippen LogP contribution in [0.3, 0.4) is 0 Å². The molecule has 1 atom stereocenters. The zero-order valence-corrected chi connectivity index (χ0v) is 12.6. The minimum Gasteiger partial charge on any atom is -0.355 e. The van der Waals surface area contributed by atoms with Crippen molar-refractivity contribution in [3.05, 3.63) is 0 Å². The average Bonchev–Trinajstić information content (AvgIpc) is 2.38. The number of hydrogen-bond donors (Lipinski definition) is 2. The van der Waals surface area contributed by atoms with Gasteiger partial charge in [-0.2, -0.15) is 0 Å². The van der Waals surface area contributed by atoms with Gasteiger partial charge < -0.3 is 10.6 Å². The lowest BCUT2D eigenvalue weighted by Gasteiger charge is -2.23. The number of amides is 1. The zero-order chi connectivity index (χ0) is 14.3. The van der Waals surface area contributed by atoms with Crippen LogP contribution in [-0.4, -0.2) is 57.1 Å². The van der Waals surface area contributed by atoms with Gasteiger partial charge in [-0.05, 0) is 25.8 Å². The van der Waals surface area contributed by atoms with Crippen molar-refractivity contribution < 1.29 is 13.2 Å². The fraction of sp³-hybridized carbons (Fsp3) is 0.917. The van der Waals surface area contributed by atoms with Crippen LogP contribution in [0.5, 0.6) is 0 Å². The third-order valence-electron chi connectivity index (χ3n) is 3.33. The fourth-order valence-electron chi connectivity index (χ4n) is 2.22. The van der Waals surface area contributed by atoms with Gasteiger partial charge in [0.1, 0.15) is 0 Å². The van der Waals surface area contributed by atoms with Gasteiger partial charge in [0, 0.05) is 19.6 Å². The van der Waals surface area contributed by atoms with E-state index in [2.05, 4.69) is 10.6 Å².